The molecule has 0 radical (unpaired) electrons. The fraction of sp³-hybridized carbons (Fsp3) is 0.0909. The number of hydrogen-bond donors (Lipinski definition) is 0. The van der Waals surface area contributed by atoms with E-state index in [1.54, 1.807) is 0 Å². The van der Waals surface area contributed by atoms with E-state index in [0.29, 0.717) is 0 Å². The van der Waals surface area contributed by atoms with E-state index in [1.165, 1.54) is 11.1 Å². The van der Waals surface area contributed by atoms with Gasteiger partial charge in [-0.3, -0.25) is 9.98 Å². The van der Waals surface area contributed by atoms with E-state index in [2.05, 4.69) is 28.2 Å². The quantitative estimate of drug-likeness (QED) is 0.581. The molecule has 0 fully saturated rings. The average Bonchev–Trinajstić information content (AvgIpc) is 2.65. The van der Waals surface area contributed by atoms with E-state index >= 15 is 0 Å². The van der Waals surface area contributed by atoms with E-state index < -0.39 is 0 Å². The lowest BCUT2D eigenvalue weighted by atomic mass is 9.93. The number of allylic oxidation sites excluding steroid dienone is 1. The molecule has 1 aliphatic heterocycles. The third kappa shape index (κ3) is 0.886. The van der Waals surface area contributed by atoms with Crippen LogP contribution in [0.15, 0.2) is 35.5 Å². The lowest BCUT2D eigenvalue weighted by molar-refractivity contribution is 1.06. The molecule has 3 rings (SSSR count). The maximum atomic E-state index is 4.32. The molecule has 2 aliphatic rings. The van der Waals surface area contributed by atoms with Gasteiger partial charge in [0.1, 0.15) is 0 Å². The summed E-state index contributed by atoms with van der Waals surface area (Å²) >= 11 is 0. The van der Waals surface area contributed by atoms with Crippen molar-refractivity contribution in [3.63, 3.8) is 0 Å². The Morgan fingerprint density at radius 1 is 1.31 bits per heavy atom. The minimum absolute atomic E-state index is 0.233. The number of aliphatic imine (C=N–C) groups is 1. The minimum atomic E-state index is 0.233. The molecule has 13 heavy (non-hydrogen) atoms. The molecule has 1 aromatic rings. The molecule has 1 unspecified atom stereocenters. The molecule has 0 aromatic carbocycles. The average molecular weight is 168 g/mol. The van der Waals surface area contributed by atoms with Crippen molar-refractivity contribution >= 4 is 17.9 Å². The monoisotopic (exact) mass is 168 g/mol. The van der Waals surface area contributed by atoms with Gasteiger partial charge in [0.25, 0.3) is 0 Å². The Morgan fingerprint density at radius 3 is 3.31 bits per heavy atom. The summed E-state index contributed by atoms with van der Waals surface area (Å²) in [5.41, 5.74) is 3.54. The zero-order chi connectivity index (χ0) is 8.67. The second kappa shape index (κ2) is 2.39. The highest BCUT2D eigenvalue weighted by Crippen LogP contribution is 2.31. The lowest BCUT2D eigenvalue weighted by Crippen LogP contribution is -2.06. The Hall–Kier alpha value is -1.70. The van der Waals surface area contributed by atoms with Gasteiger partial charge in [0.05, 0.1) is 11.7 Å². The number of rotatable bonds is 0. The maximum absolute atomic E-state index is 4.32. The van der Waals surface area contributed by atoms with E-state index in [9.17, 15) is 0 Å². The van der Waals surface area contributed by atoms with Gasteiger partial charge in [-0.25, -0.2) is 0 Å². The molecule has 2 nitrogen and oxygen atoms in total. The first-order valence-electron chi connectivity index (χ1n) is 4.32. The fourth-order valence-electron chi connectivity index (χ4n) is 1.77. The van der Waals surface area contributed by atoms with E-state index in [1.807, 2.05) is 24.6 Å². The van der Waals surface area contributed by atoms with Crippen LogP contribution < -0.4 is 0 Å². The Bertz CT molecular complexity index is 441. The summed E-state index contributed by atoms with van der Waals surface area (Å²) in [4.78, 5) is 8.62. The zero-order valence-corrected chi connectivity index (χ0v) is 7.01. The maximum Gasteiger partial charge on any atom is 0.0941 e. The first-order chi connectivity index (χ1) is 6.45. The molecule has 1 aliphatic carbocycles. The molecule has 1 atom stereocenters. The third-order valence-corrected chi connectivity index (χ3v) is 2.41. The van der Waals surface area contributed by atoms with Gasteiger partial charge in [-0.2, -0.15) is 0 Å². The third-order valence-electron chi connectivity index (χ3n) is 2.41. The normalized spacial score (nSPS) is 22.5. The van der Waals surface area contributed by atoms with Crippen LogP contribution >= 0.6 is 0 Å². The van der Waals surface area contributed by atoms with Crippen LogP contribution in [0.4, 0.5) is 0 Å². The van der Waals surface area contributed by atoms with Gasteiger partial charge in [-0.1, -0.05) is 12.1 Å². The van der Waals surface area contributed by atoms with Crippen molar-refractivity contribution in [2.24, 2.45) is 4.99 Å². The van der Waals surface area contributed by atoms with Crippen LogP contribution in [-0.2, 0) is 0 Å². The number of pyridine rings is 1. The number of nitrogens with zero attached hydrogens (tertiary/aromatic N) is 2. The molecule has 1 aromatic heterocycles. The summed E-state index contributed by atoms with van der Waals surface area (Å²) in [7, 11) is 0. The topological polar surface area (TPSA) is 25.2 Å². The largest absolute Gasteiger partial charge is 0.281 e. The first kappa shape index (κ1) is 6.78. The van der Waals surface area contributed by atoms with Gasteiger partial charge in [0, 0.05) is 18.0 Å². The summed E-state index contributed by atoms with van der Waals surface area (Å²) in [5.74, 6) is 0. The van der Waals surface area contributed by atoms with Gasteiger partial charge >= 0.3 is 0 Å². The van der Waals surface area contributed by atoms with Gasteiger partial charge in [-0.05, 0) is 23.8 Å². The van der Waals surface area contributed by atoms with E-state index in [0.717, 1.165) is 5.69 Å². The van der Waals surface area contributed by atoms with Crippen molar-refractivity contribution in [1.82, 2.24) is 4.98 Å². The molecule has 62 valence electrons. The SMILES string of the molecule is C1=CC2N=CC=C2c2cccnc21. The highest BCUT2D eigenvalue weighted by atomic mass is 14.8. The molecular weight excluding hydrogens is 160 g/mol. The van der Waals surface area contributed by atoms with Crippen LogP contribution in [0.25, 0.3) is 11.6 Å². The standard InChI is InChI=1S/C11H8N2/c1-2-8-9-5-7-13-11(9)4-3-10(8)12-6-1/h1-7,11H. The summed E-state index contributed by atoms with van der Waals surface area (Å²) in [6, 6.07) is 4.30. The van der Waals surface area contributed by atoms with Crippen molar-refractivity contribution in [3.8, 4) is 0 Å². The van der Waals surface area contributed by atoms with Crippen molar-refractivity contribution in [2.45, 2.75) is 6.04 Å². The second-order valence-electron chi connectivity index (χ2n) is 3.16. The van der Waals surface area contributed by atoms with Crippen molar-refractivity contribution < 1.29 is 0 Å². The second-order valence-corrected chi connectivity index (χ2v) is 3.16. The van der Waals surface area contributed by atoms with Crippen molar-refractivity contribution in [2.75, 3.05) is 0 Å². The van der Waals surface area contributed by atoms with E-state index in [4.69, 9.17) is 0 Å². The molecule has 0 bridgehead atoms. The Morgan fingerprint density at radius 2 is 2.31 bits per heavy atom. The number of fused-ring (bicyclic) bond motifs is 3. The first-order valence-corrected chi connectivity index (χ1v) is 4.32. The summed E-state index contributed by atoms with van der Waals surface area (Å²) in [6.07, 6.45) is 9.88. The predicted molar refractivity (Wildman–Crippen MR) is 53.5 cm³/mol. The van der Waals surface area contributed by atoms with Crippen LogP contribution in [-0.4, -0.2) is 17.2 Å². The highest BCUT2D eigenvalue weighted by Gasteiger charge is 2.20. The molecular formula is C11H8N2. The van der Waals surface area contributed by atoms with Gasteiger partial charge in [0.2, 0.25) is 0 Å². The van der Waals surface area contributed by atoms with Crippen LogP contribution in [0.5, 0.6) is 0 Å². The van der Waals surface area contributed by atoms with Gasteiger partial charge < -0.3 is 0 Å². The van der Waals surface area contributed by atoms with E-state index in [-0.39, 0.29) is 6.04 Å². The van der Waals surface area contributed by atoms with Crippen molar-refractivity contribution in [3.05, 3.63) is 41.7 Å². The number of hydrogen-bond acceptors (Lipinski definition) is 2. The summed E-state index contributed by atoms with van der Waals surface area (Å²) < 4.78 is 0. The van der Waals surface area contributed by atoms with Crippen LogP contribution in [0.3, 0.4) is 0 Å². The Kier molecular flexibility index (Phi) is 1.25. The molecule has 0 saturated heterocycles. The lowest BCUT2D eigenvalue weighted by Gasteiger charge is -2.15. The fourth-order valence-corrected chi connectivity index (χ4v) is 1.77. The summed E-state index contributed by atoms with van der Waals surface area (Å²) in [6.45, 7) is 0. The Labute approximate surface area is 76.3 Å². The Balaban J connectivity index is 2.25. The van der Waals surface area contributed by atoms with Gasteiger partial charge in [-0.15, -0.1) is 0 Å². The summed E-state index contributed by atoms with van der Waals surface area (Å²) in [5, 5.41) is 0. The smallest absolute Gasteiger partial charge is 0.0941 e. The molecule has 0 spiro atoms. The van der Waals surface area contributed by atoms with Gasteiger partial charge in [0.15, 0.2) is 0 Å². The minimum Gasteiger partial charge on any atom is -0.281 e. The predicted octanol–water partition coefficient (Wildman–Crippen LogP) is 1.94. The molecule has 2 heteroatoms. The zero-order valence-electron chi connectivity index (χ0n) is 7.01. The highest BCUT2D eigenvalue weighted by molar-refractivity contribution is 5.95. The molecule has 0 amide bonds. The van der Waals surface area contributed by atoms with Crippen LogP contribution in [0.1, 0.15) is 11.3 Å². The molecule has 0 N–H and O–H groups in total. The van der Waals surface area contributed by atoms with Crippen molar-refractivity contribution in [1.29, 1.82) is 0 Å². The number of aromatic nitrogens is 1. The van der Waals surface area contributed by atoms with Crippen LogP contribution in [0.2, 0.25) is 0 Å². The molecule has 2 heterocycles. The molecule has 0 saturated carbocycles. The van der Waals surface area contributed by atoms with Crippen LogP contribution in [0, 0.1) is 0 Å².